The number of furan rings is 1. The summed E-state index contributed by atoms with van der Waals surface area (Å²) in [5, 5.41) is 2.19. The van der Waals surface area contributed by atoms with Gasteiger partial charge < -0.3 is 9.32 Å². The quantitative estimate of drug-likeness (QED) is 0.612. The minimum atomic E-state index is -0.780. The van der Waals surface area contributed by atoms with Gasteiger partial charge in [0, 0.05) is 20.2 Å². The molecular formula is C18H16BrN3O4. The van der Waals surface area contributed by atoms with E-state index in [-0.39, 0.29) is 5.57 Å². The van der Waals surface area contributed by atoms with Gasteiger partial charge in [-0.1, -0.05) is 12.1 Å². The van der Waals surface area contributed by atoms with E-state index in [1.165, 1.54) is 6.08 Å². The fourth-order valence-electron chi connectivity index (χ4n) is 2.55. The van der Waals surface area contributed by atoms with Crippen LogP contribution < -0.4 is 15.1 Å². The van der Waals surface area contributed by atoms with Crippen molar-refractivity contribution in [2.75, 3.05) is 23.9 Å². The molecule has 1 N–H and O–H groups in total. The van der Waals surface area contributed by atoms with Crippen LogP contribution in [0.5, 0.6) is 0 Å². The Balaban J connectivity index is 2.01. The van der Waals surface area contributed by atoms with Gasteiger partial charge in [0.05, 0.1) is 10.2 Å². The fraction of sp³-hybridized carbons (Fsp3) is 0.167. The van der Waals surface area contributed by atoms with E-state index in [1.807, 2.05) is 13.0 Å². The topological polar surface area (TPSA) is 82.9 Å². The Morgan fingerprint density at radius 1 is 1.19 bits per heavy atom. The van der Waals surface area contributed by atoms with Crippen LogP contribution in [0, 0.1) is 6.92 Å². The van der Waals surface area contributed by atoms with Gasteiger partial charge in [-0.05, 0) is 46.6 Å². The number of rotatable bonds is 3. The summed E-state index contributed by atoms with van der Waals surface area (Å²) in [7, 11) is 3.61. The molecule has 1 aliphatic heterocycles. The molecule has 8 heteroatoms. The molecule has 0 atom stereocenters. The van der Waals surface area contributed by atoms with Gasteiger partial charge in [0.15, 0.2) is 0 Å². The van der Waals surface area contributed by atoms with Crippen LogP contribution in [0.15, 0.2) is 44.8 Å². The number of urea groups is 1. The first-order valence-electron chi connectivity index (χ1n) is 7.72. The Bertz CT molecular complexity index is 946. The molecule has 0 bridgehead atoms. The van der Waals surface area contributed by atoms with Gasteiger partial charge in [0.1, 0.15) is 11.3 Å². The third-order valence-corrected chi connectivity index (χ3v) is 4.31. The van der Waals surface area contributed by atoms with Crippen LogP contribution in [0.25, 0.3) is 6.08 Å². The van der Waals surface area contributed by atoms with Gasteiger partial charge >= 0.3 is 6.03 Å². The molecule has 0 radical (unpaired) electrons. The van der Waals surface area contributed by atoms with Gasteiger partial charge in [-0.25, -0.2) is 9.69 Å². The van der Waals surface area contributed by atoms with Crippen molar-refractivity contribution in [1.82, 2.24) is 5.32 Å². The molecule has 1 aromatic heterocycles. The number of nitrogens with zero attached hydrogens (tertiary/aromatic N) is 2. The number of halogens is 1. The summed E-state index contributed by atoms with van der Waals surface area (Å²) in [6.45, 7) is 1.85. The van der Waals surface area contributed by atoms with Crippen LogP contribution in [-0.2, 0) is 9.59 Å². The van der Waals surface area contributed by atoms with Crippen molar-refractivity contribution in [3.05, 3.63) is 51.7 Å². The van der Waals surface area contributed by atoms with Gasteiger partial charge in [0.2, 0.25) is 5.88 Å². The van der Waals surface area contributed by atoms with E-state index < -0.39 is 17.8 Å². The van der Waals surface area contributed by atoms with Crippen molar-refractivity contribution in [2.45, 2.75) is 6.92 Å². The van der Waals surface area contributed by atoms with Gasteiger partial charge in [-0.2, -0.15) is 0 Å². The predicted octanol–water partition coefficient (Wildman–Crippen LogP) is 3.08. The molecule has 134 valence electrons. The zero-order valence-electron chi connectivity index (χ0n) is 14.4. The monoisotopic (exact) mass is 417 g/mol. The number of hydrogen-bond acceptors (Lipinski definition) is 5. The lowest BCUT2D eigenvalue weighted by Gasteiger charge is -2.26. The normalized spacial score (nSPS) is 16.2. The largest absolute Gasteiger partial charge is 0.440 e. The molecule has 1 fully saturated rings. The minimum absolute atomic E-state index is 0.183. The lowest BCUT2D eigenvalue weighted by molar-refractivity contribution is -0.122. The molecule has 2 heterocycles. The van der Waals surface area contributed by atoms with Crippen molar-refractivity contribution < 1.29 is 18.8 Å². The smallest absolute Gasteiger partial charge is 0.335 e. The second-order valence-corrected chi connectivity index (χ2v) is 6.85. The summed E-state index contributed by atoms with van der Waals surface area (Å²) in [4.78, 5) is 39.8. The Hall–Kier alpha value is -2.87. The van der Waals surface area contributed by atoms with Crippen LogP contribution >= 0.6 is 15.9 Å². The maximum atomic E-state index is 12.8. The van der Waals surface area contributed by atoms with E-state index in [4.69, 9.17) is 4.42 Å². The number of barbiturate groups is 1. The zero-order chi connectivity index (χ0) is 19.0. The second kappa shape index (κ2) is 6.80. The summed E-state index contributed by atoms with van der Waals surface area (Å²) in [6.07, 6.45) is 1.32. The molecule has 7 nitrogen and oxygen atoms in total. The lowest BCUT2D eigenvalue weighted by atomic mass is 10.1. The maximum Gasteiger partial charge on any atom is 0.335 e. The molecule has 1 saturated heterocycles. The third kappa shape index (κ3) is 3.28. The first kappa shape index (κ1) is 17.9. The van der Waals surface area contributed by atoms with E-state index in [0.717, 1.165) is 10.5 Å². The standard InChI is InChI=1S/C18H16BrN3O4/c1-10-5-4-6-11(7-10)22-16(24)13(15(23)20-18(22)25)8-12-9-14(19)17(26-12)21(2)3/h4-9H,1-3H3,(H,20,23,25). The van der Waals surface area contributed by atoms with E-state index >= 15 is 0 Å². The number of hydrogen-bond donors (Lipinski definition) is 1. The summed E-state index contributed by atoms with van der Waals surface area (Å²) < 4.78 is 6.31. The number of aryl methyl sites for hydroxylation is 1. The van der Waals surface area contributed by atoms with Gasteiger partial charge in [-0.3, -0.25) is 14.9 Å². The van der Waals surface area contributed by atoms with E-state index in [1.54, 1.807) is 43.3 Å². The molecule has 2 aromatic rings. The van der Waals surface area contributed by atoms with Crippen molar-refractivity contribution in [2.24, 2.45) is 0 Å². The highest BCUT2D eigenvalue weighted by Gasteiger charge is 2.37. The summed E-state index contributed by atoms with van der Waals surface area (Å²) in [5.74, 6) is -0.601. The fourth-order valence-corrected chi connectivity index (χ4v) is 3.21. The maximum absolute atomic E-state index is 12.8. The number of amides is 4. The molecule has 3 rings (SSSR count). The summed E-state index contributed by atoms with van der Waals surface area (Å²) >= 11 is 3.36. The Morgan fingerprint density at radius 3 is 2.54 bits per heavy atom. The zero-order valence-corrected chi connectivity index (χ0v) is 16.0. The number of benzene rings is 1. The highest BCUT2D eigenvalue weighted by Crippen LogP contribution is 2.31. The van der Waals surface area contributed by atoms with Crippen molar-refractivity contribution in [1.29, 1.82) is 0 Å². The van der Waals surface area contributed by atoms with Crippen LogP contribution in [0.3, 0.4) is 0 Å². The molecule has 1 aliphatic rings. The molecule has 1 aromatic carbocycles. The third-order valence-electron chi connectivity index (χ3n) is 3.74. The van der Waals surface area contributed by atoms with Crippen molar-refractivity contribution >= 4 is 51.4 Å². The van der Waals surface area contributed by atoms with Crippen molar-refractivity contribution in [3.63, 3.8) is 0 Å². The molecule has 26 heavy (non-hydrogen) atoms. The molecule has 0 aliphatic carbocycles. The first-order chi connectivity index (χ1) is 12.3. The van der Waals surface area contributed by atoms with Crippen LogP contribution in [-0.4, -0.2) is 31.9 Å². The number of nitrogens with one attached hydrogen (secondary N) is 1. The minimum Gasteiger partial charge on any atom is -0.440 e. The summed E-state index contributed by atoms with van der Waals surface area (Å²) in [6, 6.07) is 7.77. The molecular weight excluding hydrogens is 402 g/mol. The first-order valence-corrected chi connectivity index (χ1v) is 8.52. The van der Waals surface area contributed by atoms with Crippen LogP contribution in [0.4, 0.5) is 16.4 Å². The summed E-state index contributed by atoms with van der Waals surface area (Å²) in [5.41, 5.74) is 1.09. The highest BCUT2D eigenvalue weighted by atomic mass is 79.9. The van der Waals surface area contributed by atoms with E-state index in [9.17, 15) is 14.4 Å². The lowest BCUT2D eigenvalue weighted by Crippen LogP contribution is -2.54. The van der Waals surface area contributed by atoms with Gasteiger partial charge in [0.25, 0.3) is 11.8 Å². The van der Waals surface area contributed by atoms with E-state index in [0.29, 0.717) is 21.8 Å². The van der Waals surface area contributed by atoms with E-state index in [2.05, 4.69) is 21.2 Å². The Morgan fingerprint density at radius 2 is 1.92 bits per heavy atom. The number of carbonyl (C=O) groups excluding carboxylic acids is 3. The predicted molar refractivity (Wildman–Crippen MR) is 101 cm³/mol. The molecule has 0 saturated carbocycles. The van der Waals surface area contributed by atoms with Crippen LogP contribution in [0.1, 0.15) is 11.3 Å². The molecule has 0 spiro atoms. The Kier molecular flexibility index (Phi) is 4.69. The molecule has 0 unspecified atom stereocenters. The highest BCUT2D eigenvalue weighted by molar-refractivity contribution is 9.10. The number of carbonyl (C=O) groups is 3. The molecule has 4 amide bonds. The average Bonchev–Trinajstić information content (AvgIpc) is 2.92. The number of anilines is 2. The van der Waals surface area contributed by atoms with Crippen LogP contribution in [0.2, 0.25) is 0 Å². The van der Waals surface area contributed by atoms with Crippen molar-refractivity contribution in [3.8, 4) is 0 Å². The van der Waals surface area contributed by atoms with Gasteiger partial charge in [-0.15, -0.1) is 0 Å². The number of imide groups is 2. The average molecular weight is 418 g/mol. The second-order valence-electron chi connectivity index (χ2n) is 5.99. The SMILES string of the molecule is Cc1cccc(N2C(=O)NC(=O)C(=Cc3cc(Br)c(N(C)C)o3)C2=O)c1. The Labute approximate surface area is 158 Å².